The largest absolute Gasteiger partial charge is 0.459 e. The second-order valence-corrected chi connectivity index (χ2v) is 5.72. The number of carbonyl (C=O) groups excluding carboxylic acids is 1. The van der Waals surface area contributed by atoms with Crippen LogP contribution in [0, 0.1) is 11.8 Å². The predicted octanol–water partition coefficient (Wildman–Crippen LogP) is 3.22. The number of allylic oxidation sites excluding steroid dienone is 1. The van der Waals surface area contributed by atoms with E-state index in [1.807, 2.05) is 0 Å². The Morgan fingerprint density at radius 3 is 3.19 bits per heavy atom. The molecule has 0 spiro atoms. The van der Waals surface area contributed by atoms with Gasteiger partial charge in [0.05, 0.1) is 0 Å². The Balaban J connectivity index is 1.76. The monoisotopic (exact) mass is 220 g/mol. The van der Waals surface area contributed by atoms with E-state index in [1.165, 1.54) is 39.0 Å². The van der Waals surface area contributed by atoms with Crippen molar-refractivity contribution >= 4 is 5.97 Å². The predicted molar refractivity (Wildman–Crippen MR) is 61.9 cm³/mol. The van der Waals surface area contributed by atoms with E-state index in [9.17, 15) is 4.79 Å². The molecule has 3 rings (SSSR count). The van der Waals surface area contributed by atoms with Gasteiger partial charge < -0.3 is 4.74 Å². The van der Waals surface area contributed by atoms with Crippen molar-refractivity contribution in [1.82, 2.24) is 0 Å². The molecule has 16 heavy (non-hydrogen) atoms. The quantitative estimate of drug-likeness (QED) is 0.501. The summed E-state index contributed by atoms with van der Waals surface area (Å²) in [6, 6.07) is 0. The summed E-state index contributed by atoms with van der Waals surface area (Å²) >= 11 is 0. The molecule has 0 aromatic rings. The molecule has 3 atom stereocenters. The molecule has 0 N–H and O–H groups in total. The topological polar surface area (TPSA) is 26.3 Å². The summed E-state index contributed by atoms with van der Waals surface area (Å²) in [6.07, 6.45) is 11.1. The highest BCUT2D eigenvalue weighted by molar-refractivity contribution is 5.67. The first-order valence-corrected chi connectivity index (χ1v) is 6.58. The van der Waals surface area contributed by atoms with Gasteiger partial charge in [0.15, 0.2) is 0 Å². The van der Waals surface area contributed by atoms with Crippen molar-refractivity contribution < 1.29 is 9.53 Å². The lowest BCUT2D eigenvalue weighted by atomic mass is 9.81. The number of hydrogen-bond acceptors (Lipinski definition) is 2. The molecule has 3 aliphatic rings. The fourth-order valence-electron chi connectivity index (χ4n) is 3.65. The molecular weight excluding hydrogens is 200 g/mol. The minimum absolute atomic E-state index is 0.0871. The van der Waals surface area contributed by atoms with Gasteiger partial charge in [-0.25, -0.2) is 0 Å². The molecule has 0 radical (unpaired) electrons. The fourth-order valence-corrected chi connectivity index (χ4v) is 3.65. The third kappa shape index (κ3) is 1.68. The van der Waals surface area contributed by atoms with Gasteiger partial charge in [0.2, 0.25) is 0 Å². The molecule has 2 saturated carbocycles. The van der Waals surface area contributed by atoms with Crippen LogP contribution in [-0.2, 0) is 9.53 Å². The summed E-state index contributed by atoms with van der Waals surface area (Å²) in [5.74, 6) is 1.35. The van der Waals surface area contributed by atoms with E-state index in [4.69, 9.17) is 4.74 Å². The molecule has 3 aliphatic carbocycles. The van der Waals surface area contributed by atoms with Crippen LogP contribution in [0.15, 0.2) is 11.6 Å². The Morgan fingerprint density at radius 2 is 2.38 bits per heavy atom. The van der Waals surface area contributed by atoms with Crippen LogP contribution < -0.4 is 0 Å². The lowest BCUT2D eigenvalue weighted by Crippen LogP contribution is -2.19. The van der Waals surface area contributed by atoms with Gasteiger partial charge in [-0.05, 0) is 38.0 Å². The van der Waals surface area contributed by atoms with E-state index >= 15 is 0 Å². The van der Waals surface area contributed by atoms with Gasteiger partial charge in [0.1, 0.15) is 5.60 Å². The molecule has 88 valence electrons. The van der Waals surface area contributed by atoms with Crippen LogP contribution in [-0.4, -0.2) is 11.6 Å². The first kappa shape index (κ1) is 10.4. The molecule has 0 amide bonds. The maximum Gasteiger partial charge on any atom is 0.303 e. The van der Waals surface area contributed by atoms with Gasteiger partial charge in [-0.3, -0.25) is 4.79 Å². The summed E-state index contributed by atoms with van der Waals surface area (Å²) < 4.78 is 5.56. The zero-order valence-electron chi connectivity index (χ0n) is 10.00. The van der Waals surface area contributed by atoms with Crippen LogP contribution in [0.3, 0.4) is 0 Å². The Kier molecular flexibility index (Phi) is 2.34. The summed E-state index contributed by atoms with van der Waals surface area (Å²) in [7, 11) is 0. The molecule has 1 unspecified atom stereocenters. The average molecular weight is 220 g/mol. The number of esters is 1. The highest BCUT2D eigenvalue weighted by atomic mass is 16.6. The first-order valence-electron chi connectivity index (χ1n) is 6.58. The first-order chi connectivity index (χ1) is 7.70. The minimum Gasteiger partial charge on any atom is -0.459 e. The Morgan fingerprint density at radius 1 is 1.50 bits per heavy atom. The van der Waals surface area contributed by atoms with E-state index < -0.39 is 0 Å². The number of rotatable bonds is 1. The van der Waals surface area contributed by atoms with Crippen molar-refractivity contribution in [2.75, 3.05) is 0 Å². The second-order valence-electron chi connectivity index (χ2n) is 5.72. The lowest BCUT2D eigenvalue weighted by molar-refractivity contribution is -0.149. The second kappa shape index (κ2) is 3.61. The molecule has 0 aromatic carbocycles. The Hall–Kier alpha value is -0.790. The van der Waals surface area contributed by atoms with E-state index in [0.29, 0.717) is 5.92 Å². The zero-order valence-corrected chi connectivity index (χ0v) is 10.00. The normalized spacial score (nSPS) is 41.2. The smallest absolute Gasteiger partial charge is 0.303 e. The van der Waals surface area contributed by atoms with Gasteiger partial charge in [-0.1, -0.05) is 18.1 Å². The van der Waals surface area contributed by atoms with Crippen molar-refractivity contribution in [2.24, 2.45) is 11.8 Å². The summed E-state index contributed by atoms with van der Waals surface area (Å²) in [4.78, 5) is 11.1. The summed E-state index contributed by atoms with van der Waals surface area (Å²) in [5, 5.41) is 0. The molecule has 2 heteroatoms. The number of fused-ring (bicyclic) bond motifs is 2. The van der Waals surface area contributed by atoms with Crippen LogP contribution in [0.25, 0.3) is 0 Å². The van der Waals surface area contributed by atoms with Crippen LogP contribution in [0.1, 0.15) is 51.9 Å². The van der Waals surface area contributed by atoms with E-state index in [1.54, 1.807) is 5.57 Å². The van der Waals surface area contributed by atoms with Crippen LogP contribution in [0.4, 0.5) is 0 Å². The maximum absolute atomic E-state index is 11.1. The molecule has 2 fully saturated rings. The summed E-state index contributed by atoms with van der Waals surface area (Å²) in [5.41, 5.74) is 1.57. The van der Waals surface area contributed by atoms with Gasteiger partial charge in [0.25, 0.3) is 0 Å². The molecule has 0 heterocycles. The van der Waals surface area contributed by atoms with Crippen molar-refractivity contribution in [3.63, 3.8) is 0 Å². The molecular formula is C14H20O2. The average Bonchev–Trinajstić information content (AvgIpc) is 2.89. The maximum atomic E-state index is 11.1. The van der Waals surface area contributed by atoms with Crippen molar-refractivity contribution in [3.05, 3.63) is 11.6 Å². The molecule has 0 saturated heterocycles. The molecule has 0 aromatic heterocycles. The van der Waals surface area contributed by atoms with E-state index in [0.717, 1.165) is 18.8 Å². The van der Waals surface area contributed by atoms with Gasteiger partial charge >= 0.3 is 5.97 Å². The van der Waals surface area contributed by atoms with Crippen molar-refractivity contribution in [3.8, 4) is 0 Å². The van der Waals surface area contributed by atoms with Crippen molar-refractivity contribution in [2.45, 2.75) is 57.5 Å². The van der Waals surface area contributed by atoms with Gasteiger partial charge in [-0.15, -0.1) is 0 Å². The SMILES string of the molecule is CC(=O)O[C@]12CC=C3CCCCC3C[C@H]1C2. The molecule has 0 bridgehead atoms. The van der Waals surface area contributed by atoms with Crippen LogP contribution in [0.2, 0.25) is 0 Å². The van der Waals surface area contributed by atoms with Gasteiger partial charge in [-0.2, -0.15) is 0 Å². The minimum atomic E-state index is -0.106. The number of ether oxygens (including phenoxy) is 1. The lowest BCUT2D eigenvalue weighted by Gasteiger charge is -2.24. The van der Waals surface area contributed by atoms with E-state index in [-0.39, 0.29) is 11.6 Å². The number of carbonyl (C=O) groups is 1. The third-order valence-electron chi connectivity index (χ3n) is 4.59. The zero-order chi connectivity index (χ0) is 11.2. The standard InChI is InChI=1S/C14H20O2/c1-10(15)16-14-7-6-11-4-2-3-5-12(11)8-13(14)9-14/h6,12-13H,2-5,7-9H2,1H3/t12?,13-,14-/m0/s1. The third-order valence-corrected chi connectivity index (χ3v) is 4.59. The van der Waals surface area contributed by atoms with Crippen LogP contribution in [0.5, 0.6) is 0 Å². The van der Waals surface area contributed by atoms with Crippen molar-refractivity contribution in [1.29, 1.82) is 0 Å². The Labute approximate surface area is 97.1 Å². The molecule has 2 nitrogen and oxygen atoms in total. The fraction of sp³-hybridized carbons (Fsp3) is 0.786. The Bertz CT molecular complexity index is 345. The van der Waals surface area contributed by atoms with Gasteiger partial charge in [0, 0.05) is 19.3 Å². The highest BCUT2D eigenvalue weighted by Gasteiger charge is 2.58. The van der Waals surface area contributed by atoms with E-state index in [2.05, 4.69) is 6.08 Å². The highest BCUT2D eigenvalue weighted by Crippen LogP contribution is 2.57. The summed E-state index contributed by atoms with van der Waals surface area (Å²) in [6.45, 7) is 1.54. The number of hydrogen-bond donors (Lipinski definition) is 0. The van der Waals surface area contributed by atoms with Crippen LogP contribution >= 0.6 is 0 Å². The molecule has 0 aliphatic heterocycles.